The monoisotopic (exact) mass is 354 g/mol. The first kappa shape index (κ1) is 16.8. The zero-order valence-corrected chi connectivity index (χ0v) is 14.8. The first-order valence-corrected chi connectivity index (χ1v) is 9.05. The van der Waals surface area contributed by atoms with Gasteiger partial charge in [0.1, 0.15) is 0 Å². The Morgan fingerprint density at radius 2 is 1.85 bits per heavy atom. The molecule has 0 aromatic heterocycles. The Bertz CT molecular complexity index is 771. The van der Waals surface area contributed by atoms with Crippen LogP contribution >= 0.6 is 0 Å². The number of benzene rings is 1. The minimum absolute atomic E-state index is 0.128. The maximum Gasteiger partial charge on any atom is 0.411 e. The highest BCUT2D eigenvalue weighted by atomic mass is 16.5. The van der Waals surface area contributed by atoms with Crippen molar-refractivity contribution in [2.24, 2.45) is 29.6 Å². The van der Waals surface area contributed by atoms with Crippen LogP contribution in [0.15, 0.2) is 36.4 Å². The van der Waals surface area contributed by atoms with Crippen LogP contribution in [0.4, 0.5) is 16.2 Å². The second-order valence-electron chi connectivity index (χ2n) is 7.68. The summed E-state index contributed by atoms with van der Waals surface area (Å²) >= 11 is 0. The number of imide groups is 1. The van der Waals surface area contributed by atoms with Gasteiger partial charge in [-0.05, 0) is 42.4 Å². The number of fused-ring (bicyclic) bond motifs is 5. The van der Waals surface area contributed by atoms with Crippen LogP contribution in [0.25, 0.3) is 0 Å². The Hall–Kier alpha value is -2.63. The third kappa shape index (κ3) is 2.69. The Labute approximate surface area is 152 Å². The molecule has 3 aliphatic rings. The highest BCUT2D eigenvalue weighted by Gasteiger charge is 2.59. The van der Waals surface area contributed by atoms with Gasteiger partial charge in [0.2, 0.25) is 11.8 Å². The van der Waals surface area contributed by atoms with Crippen LogP contribution < -0.4 is 10.2 Å². The minimum Gasteiger partial charge on any atom is -0.449 e. The van der Waals surface area contributed by atoms with E-state index in [9.17, 15) is 14.4 Å². The summed E-state index contributed by atoms with van der Waals surface area (Å²) in [5, 5.41) is 2.65. The highest BCUT2D eigenvalue weighted by Crippen LogP contribution is 2.53. The molecule has 1 aliphatic heterocycles. The number of hydrogen-bond donors (Lipinski definition) is 1. The lowest BCUT2D eigenvalue weighted by atomic mass is 9.85. The summed E-state index contributed by atoms with van der Waals surface area (Å²) in [5.74, 6) is -0.115. The summed E-state index contributed by atoms with van der Waals surface area (Å²) < 4.78 is 5.11. The predicted molar refractivity (Wildman–Crippen MR) is 96.5 cm³/mol. The van der Waals surface area contributed by atoms with Gasteiger partial charge in [0.25, 0.3) is 0 Å². The van der Waals surface area contributed by atoms with Gasteiger partial charge >= 0.3 is 6.09 Å². The van der Waals surface area contributed by atoms with Gasteiger partial charge in [0.15, 0.2) is 0 Å². The molecule has 4 rings (SSSR count). The molecule has 2 bridgehead atoms. The fraction of sp³-hybridized carbons (Fsp3) is 0.450. The average molecular weight is 354 g/mol. The molecule has 4 atom stereocenters. The second kappa shape index (κ2) is 6.27. The SMILES string of the molecule is CC(C)COC(=O)Nc1cccc(N2C(=O)[C@@H]3[C@@H](C2=O)[C@H]2C=C[C@H]3C2)c1. The third-order valence-electron chi connectivity index (χ3n) is 5.37. The van der Waals surface area contributed by atoms with Crippen molar-refractivity contribution in [3.05, 3.63) is 36.4 Å². The summed E-state index contributed by atoms with van der Waals surface area (Å²) in [4.78, 5) is 38.8. The van der Waals surface area contributed by atoms with E-state index in [2.05, 4.69) is 17.5 Å². The molecule has 1 saturated carbocycles. The predicted octanol–water partition coefficient (Wildman–Crippen LogP) is 3.20. The van der Waals surface area contributed by atoms with Crippen molar-refractivity contribution < 1.29 is 19.1 Å². The van der Waals surface area contributed by atoms with Gasteiger partial charge in [0, 0.05) is 5.69 Å². The molecule has 6 heteroatoms. The summed E-state index contributed by atoms with van der Waals surface area (Å²) in [7, 11) is 0. The molecule has 26 heavy (non-hydrogen) atoms. The zero-order valence-electron chi connectivity index (χ0n) is 14.8. The summed E-state index contributed by atoms with van der Waals surface area (Å²) in [5.41, 5.74) is 0.991. The molecule has 2 fully saturated rings. The van der Waals surface area contributed by atoms with Crippen molar-refractivity contribution >= 4 is 29.3 Å². The standard InChI is InChI=1S/C20H22N2O4/c1-11(2)10-26-20(25)21-14-4-3-5-15(9-14)22-18(23)16-12-6-7-13(8-12)17(16)19(22)24/h3-7,9,11-13,16-17H,8,10H2,1-2H3,(H,21,25)/t12-,13-,16-,17-/m0/s1. The van der Waals surface area contributed by atoms with Crippen LogP contribution in [0, 0.1) is 29.6 Å². The van der Waals surface area contributed by atoms with E-state index in [4.69, 9.17) is 4.74 Å². The number of carbonyl (C=O) groups excluding carboxylic acids is 3. The van der Waals surface area contributed by atoms with Gasteiger partial charge in [-0.2, -0.15) is 0 Å². The van der Waals surface area contributed by atoms with E-state index in [1.165, 1.54) is 4.90 Å². The maximum atomic E-state index is 12.9. The first-order valence-electron chi connectivity index (χ1n) is 9.05. The lowest BCUT2D eigenvalue weighted by Gasteiger charge is -2.18. The Kier molecular flexibility index (Phi) is 4.05. The Balaban J connectivity index is 1.51. The Morgan fingerprint density at radius 3 is 2.46 bits per heavy atom. The largest absolute Gasteiger partial charge is 0.449 e. The molecule has 1 N–H and O–H groups in total. The normalized spacial score (nSPS) is 28.8. The third-order valence-corrected chi connectivity index (χ3v) is 5.37. The van der Waals surface area contributed by atoms with Gasteiger partial charge in [-0.1, -0.05) is 32.1 Å². The fourth-order valence-corrected chi connectivity index (χ4v) is 4.28. The van der Waals surface area contributed by atoms with Crippen molar-refractivity contribution in [1.29, 1.82) is 0 Å². The number of allylic oxidation sites excluding steroid dienone is 2. The van der Waals surface area contributed by atoms with Crippen molar-refractivity contribution in [2.45, 2.75) is 20.3 Å². The molecule has 1 aromatic rings. The second-order valence-corrected chi connectivity index (χ2v) is 7.68. The molecule has 3 amide bonds. The molecule has 0 spiro atoms. The number of rotatable bonds is 4. The number of nitrogens with zero attached hydrogens (tertiary/aromatic N) is 1. The fourth-order valence-electron chi connectivity index (χ4n) is 4.28. The maximum absolute atomic E-state index is 12.9. The van der Waals surface area contributed by atoms with Crippen molar-refractivity contribution in [2.75, 3.05) is 16.8 Å². The summed E-state index contributed by atoms with van der Waals surface area (Å²) in [6, 6.07) is 6.78. The average Bonchev–Trinajstić information content (AvgIpc) is 3.27. The quantitative estimate of drug-likeness (QED) is 0.665. The highest BCUT2D eigenvalue weighted by molar-refractivity contribution is 6.23. The van der Waals surface area contributed by atoms with Crippen molar-refractivity contribution in [3.63, 3.8) is 0 Å². The van der Waals surface area contributed by atoms with E-state index in [-0.39, 0.29) is 41.4 Å². The van der Waals surface area contributed by atoms with E-state index in [1.807, 2.05) is 13.8 Å². The molecule has 1 heterocycles. The van der Waals surface area contributed by atoms with Crippen LogP contribution in [0.2, 0.25) is 0 Å². The molecular weight excluding hydrogens is 332 g/mol. The summed E-state index contributed by atoms with van der Waals surface area (Å²) in [6.45, 7) is 4.24. The molecule has 0 radical (unpaired) electrons. The van der Waals surface area contributed by atoms with Crippen LogP contribution in [0.3, 0.4) is 0 Å². The molecule has 2 aliphatic carbocycles. The van der Waals surface area contributed by atoms with Gasteiger partial charge < -0.3 is 4.74 Å². The lowest BCUT2D eigenvalue weighted by molar-refractivity contribution is -0.123. The lowest BCUT2D eigenvalue weighted by Crippen LogP contribution is -2.32. The van der Waals surface area contributed by atoms with E-state index < -0.39 is 6.09 Å². The van der Waals surface area contributed by atoms with E-state index in [0.717, 1.165) is 6.42 Å². The zero-order chi connectivity index (χ0) is 18.4. The smallest absolute Gasteiger partial charge is 0.411 e. The van der Waals surface area contributed by atoms with Crippen LogP contribution in [-0.2, 0) is 14.3 Å². The number of ether oxygens (including phenoxy) is 1. The number of anilines is 2. The molecular formula is C20H22N2O4. The van der Waals surface area contributed by atoms with Gasteiger partial charge in [-0.25, -0.2) is 9.69 Å². The number of carbonyl (C=O) groups is 3. The van der Waals surface area contributed by atoms with E-state index in [0.29, 0.717) is 18.0 Å². The Morgan fingerprint density at radius 1 is 1.19 bits per heavy atom. The number of amides is 3. The van der Waals surface area contributed by atoms with Crippen molar-refractivity contribution in [3.8, 4) is 0 Å². The van der Waals surface area contributed by atoms with Gasteiger partial charge in [0.05, 0.1) is 24.1 Å². The van der Waals surface area contributed by atoms with E-state index >= 15 is 0 Å². The van der Waals surface area contributed by atoms with Gasteiger partial charge in [-0.3, -0.25) is 14.9 Å². The van der Waals surface area contributed by atoms with Crippen LogP contribution in [0.5, 0.6) is 0 Å². The summed E-state index contributed by atoms with van der Waals surface area (Å²) in [6.07, 6.45) is 4.50. The minimum atomic E-state index is -0.547. The first-order chi connectivity index (χ1) is 12.5. The van der Waals surface area contributed by atoms with Crippen LogP contribution in [-0.4, -0.2) is 24.5 Å². The number of hydrogen-bond acceptors (Lipinski definition) is 4. The van der Waals surface area contributed by atoms with E-state index in [1.54, 1.807) is 24.3 Å². The topological polar surface area (TPSA) is 75.7 Å². The molecule has 136 valence electrons. The molecule has 1 aromatic carbocycles. The van der Waals surface area contributed by atoms with Crippen molar-refractivity contribution in [1.82, 2.24) is 0 Å². The van der Waals surface area contributed by atoms with Crippen LogP contribution in [0.1, 0.15) is 20.3 Å². The molecule has 1 saturated heterocycles. The van der Waals surface area contributed by atoms with Gasteiger partial charge in [-0.15, -0.1) is 0 Å². The number of nitrogens with one attached hydrogen (secondary N) is 1. The molecule has 6 nitrogen and oxygen atoms in total. The molecule has 0 unspecified atom stereocenters.